The first-order chi connectivity index (χ1) is 6.94. The summed E-state index contributed by atoms with van der Waals surface area (Å²) >= 11 is 0. The molecule has 0 amide bonds. The number of nitrogens with one attached hydrogen (secondary N) is 1. The van der Waals surface area contributed by atoms with Gasteiger partial charge in [0.05, 0.1) is 6.54 Å². The summed E-state index contributed by atoms with van der Waals surface area (Å²) in [5, 5.41) is 11.3. The second-order valence-corrected chi connectivity index (χ2v) is 4.90. The highest BCUT2D eigenvalue weighted by Gasteiger charge is 2.31. The summed E-state index contributed by atoms with van der Waals surface area (Å²) in [6.45, 7) is 2.82. The third-order valence-electron chi connectivity index (χ3n) is 3.29. The molecular weight excluding hydrogens is 200 g/mol. The maximum atomic E-state index is 12.8. The molecule has 0 spiro atoms. The zero-order valence-corrected chi connectivity index (χ0v) is 9.47. The number of aliphatic hydroxyl groups is 1. The first-order valence-electron chi connectivity index (χ1n) is 5.66. The van der Waals surface area contributed by atoms with Gasteiger partial charge in [0.1, 0.15) is 6.61 Å². The van der Waals surface area contributed by atoms with Crippen LogP contribution in [0.25, 0.3) is 0 Å². The molecule has 0 aliphatic heterocycles. The van der Waals surface area contributed by atoms with Gasteiger partial charge in [-0.3, -0.25) is 0 Å². The molecule has 1 fully saturated rings. The van der Waals surface area contributed by atoms with Crippen LogP contribution in [0.2, 0.25) is 0 Å². The van der Waals surface area contributed by atoms with E-state index >= 15 is 0 Å². The highest BCUT2D eigenvalue weighted by Crippen LogP contribution is 2.28. The maximum Gasteiger partial charge on any atom is 0.282 e. The Morgan fingerprint density at radius 2 is 2.00 bits per heavy atom. The van der Waals surface area contributed by atoms with E-state index in [1.165, 1.54) is 0 Å². The predicted molar refractivity (Wildman–Crippen MR) is 56.0 cm³/mol. The third kappa shape index (κ3) is 4.03. The molecule has 1 rings (SSSR count). The van der Waals surface area contributed by atoms with Crippen LogP contribution in [-0.2, 0) is 0 Å². The van der Waals surface area contributed by atoms with Crippen molar-refractivity contribution in [2.24, 2.45) is 11.8 Å². The average molecular weight is 221 g/mol. The second kappa shape index (κ2) is 5.21. The van der Waals surface area contributed by atoms with E-state index in [0.29, 0.717) is 11.8 Å². The van der Waals surface area contributed by atoms with Crippen molar-refractivity contribution in [1.29, 1.82) is 0 Å². The zero-order chi connectivity index (χ0) is 11.5. The van der Waals surface area contributed by atoms with E-state index in [1.54, 1.807) is 0 Å². The largest absolute Gasteiger partial charge is 0.390 e. The quantitative estimate of drug-likeness (QED) is 0.761. The van der Waals surface area contributed by atoms with E-state index < -0.39 is 19.1 Å². The highest BCUT2D eigenvalue weighted by atomic mass is 19.3. The van der Waals surface area contributed by atoms with Crippen LogP contribution < -0.4 is 5.32 Å². The smallest absolute Gasteiger partial charge is 0.282 e. The number of alkyl halides is 2. The van der Waals surface area contributed by atoms with E-state index in [0.717, 1.165) is 19.3 Å². The Morgan fingerprint density at radius 1 is 1.33 bits per heavy atom. The lowest BCUT2D eigenvalue weighted by molar-refractivity contribution is -0.0513. The number of rotatable bonds is 4. The SMILES string of the molecule is CC1CCC(NCC(F)(F)CO)C(C)C1. The minimum Gasteiger partial charge on any atom is -0.390 e. The summed E-state index contributed by atoms with van der Waals surface area (Å²) in [6.07, 6.45) is 3.17. The molecule has 15 heavy (non-hydrogen) atoms. The Hall–Kier alpha value is -0.220. The molecule has 90 valence electrons. The molecule has 0 aromatic carbocycles. The fraction of sp³-hybridized carbons (Fsp3) is 1.00. The molecule has 1 saturated carbocycles. The van der Waals surface area contributed by atoms with Crippen LogP contribution in [0.4, 0.5) is 8.78 Å². The summed E-state index contributed by atoms with van der Waals surface area (Å²) in [5.74, 6) is -1.83. The Balaban J connectivity index is 2.33. The Morgan fingerprint density at radius 3 is 2.53 bits per heavy atom. The van der Waals surface area contributed by atoms with Gasteiger partial charge in [-0.1, -0.05) is 13.8 Å². The van der Waals surface area contributed by atoms with E-state index in [2.05, 4.69) is 19.2 Å². The van der Waals surface area contributed by atoms with Gasteiger partial charge < -0.3 is 10.4 Å². The average Bonchev–Trinajstić information content (AvgIpc) is 2.16. The van der Waals surface area contributed by atoms with Crippen molar-refractivity contribution in [3.05, 3.63) is 0 Å². The Labute approximate surface area is 90.1 Å². The van der Waals surface area contributed by atoms with Gasteiger partial charge in [-0.2, -0.15) is 0 Å². The minimum atomic E-state index is -2.98. The molecular formula is C11H21F2NO. The first-order valence-corrected chi connectivity index (χ1v) is 5.66. The number of halogens is 2. The van der Waals surface area contributed by atoms with Crippen LogP contribution in [0.15, 0.2) is 0 Å². The van der Waals surface area contributed by atoms with Gasteiger partial charge in [0.15, 0.2) is 0 Å². The van der Waals surface area contributed by atoms with E-state index in [-0.39, 0.29) is 6.04 Å². The van der Waals surface area contributed by atoms with E-state index in [4.69, 9.17) is 5.11 Å². The maximum absolute atomic E-state index is 12.8. The lowest BCUT2D eigenvalue weighted by atomic mass is 9.80. The molecule has 0 saturated heterocycles. The fourth-order valence-corrected chi connectivity index (χ4v) is 2.30. The van der Waals surface area contributed by atoms with Gasteiger partial charge in [-0.15, -0.1) is 0 Å². The van der Waals surface area contributed by atoms with Crippen molar-refractivity contribution in [2.75, 3.05) is 13.2 Å². The van der Waals surface area contributed by atoms with Crippen molar-refractivity contribution < 1.29 is 13.9 Å². The third-order valence-corrected chi connectivity index (χ3v) is 3.29. The minimum absolute atomic E-state index is 0.179. The van der Waals surface area contributed by atoms with Crippen LogP contribution in [0.5, 0.6) is 0 Å². The van der Waals surface area contributed by atoms with Crippen LogP contribution in [-0.4, -0.2) is 30.2 Å². The van der Waals surface area contributed by atoms with Crippen LogP contribution in [0.1, 0.15) is 33.1 Å². The van der Waals surface area contributed by atoms with Gasteiger partial charge in [0.2, 0.25) is 0 Å². The second-order valence-electron chi connectivity index (χ2n) is 4.90. The predicted octanol–water partition coefficient (Wildman–Crippen LogP) is 2.03. The fourth-order valence-electron chi connectivity index (χ4n) is 2.30. The van der Waals surface area contributed by atoms with Gasteiger partial charge >= 0.3 is 0 Å². The highest BCUT2D eigenvalue weighted by molar-refractivity contribution is 4.82. The zero-order valence-electron chi connectivity index (χ0n) is 9.47. The van der Waals surface area contributed by atoms with Gasteiger partial charge in [0.25, 0.3) is 5.92 Å². The van der Waals surface area contributed by atoms with Gasteiger partial charge in [-0.25, -0.2) is 8.78 Å². The molecule has 0 bridgehead atoms. The Kier molecular flexibility index (Phi) is 4.46. The van der Waals surface area contributed by atoms with Gasteiger partial charge in [-0.05, 0) is 31.1 Å². The lowest BCUT2D eigenvalue weighted by Gasteiger charge is -2.34. The molecule has 3 unspecified atom stereocenters. The standard InChI is InChI=1S/C11H21F2NO/c1-8-3-4-10(9(2)5-8)14-6-11(12,13)7-15/h8-10,14-15H,3-7H2,1-2H3. The molecule has 1 aliphatic carbocycles. The van der Waals surface area contributed by atoms with Gasteiger partial charge in [0, 0.05) is 6.04 Å². The van der Waals surface area contributed by atoms with E-state index in [1.807, 2.05) is 0 Å². The van der Waals surface area contributed by atoms with Crippen LogP contribution >= 0.6 is 0 Å². The molecule has 1 aliphatic rings. The first kappa shape index (κ1) is 12.8. The molecule has 0 radical (unpaired) electrons. The number of hydrogen-bond donors (Lipinski definition) is 2. The topological polar surface area (TPSA) is 32.3 Å². The molecule has 2 nitrogen and oxygen atoms in total. The monoisotopic (exact) mass is 221 g/mol. The summed E-state index contributed by atoms with van der Waals surface area (Å²) in [5.41, 5.74) is 0. The lowest BCUT2D eigenvalue weighted by Crippen LogP contribution is -2.45. The molecule has 4 heteroatoms. The van der Waals surface area contributed by atoms with E-state index in [9.17, 15) is 8.78 Å². The van der Waals surface area contributed by atoms with Crippen molar-refractivity contribution in [2.45, 2.75) is 45.1 Å². The number of aliphatic hydroxyl groups excluding tert-OH is 1. The summed E-state index contributed by atoms with van der Waals surface area (Å²) in [6, 6.07) is 0.179. The Bertz CT molecular complexity index is 199. The van der Waals surface area contributed by atoms with Crippen molar-refractivity contribution in [3.63, 3.8) is 0 Å². The summed E-state index contributed by atoms with van der Waals surface area (Å²) < 4.78 is 25.6. The van der Waals surface area contributed by atoms with Crippen LogP contribution in [0.3, 0.4) is 0 Å². The molecule has 2 N–H and O–H groups in total. The number of hydrogen-bond acceptors (Lipinski definition) is 2. The molecule has 0 aromatic rings. The molecule has 0 aromatic heterocycles. The van der Waals surface area contributed by atoms with Crippen LogP contribution in [0, 0.1) is 11.8 Å². The van der Waals surface area contributed by atoms with Crippen molar-refractivity contribution >= 4 is 0 Å². The van der Waals surface area contributed by atoms with Crippen molar-refractivity contribution in [3.8, 4) is 0 Å². The summed E-state index contributed by atoms with van der Waals surface area (Å²) in [7, 11) is 0. The molecule has 0 heterocycles. The molecule has 3 atom stereocenters. The summed E-state index contributed by atoms with van der Waals surface area (Å²) in [4.78, 5) is 0. The normalized spacial score (nSPS) is 33.0. The van der Waals surface area contributed by atoms with Crippen molar-refractivity contribution in [1.82, 2.24) is 5.32 Å².